The molecule has 0 unspecified atom stereocenters. The van der Waals surface area contributed by atoms with E-state index < -0.39 is 0 Å². The summed E-state index contributed by atoms with van der Waals surface area (Å²) in [6.45, 7) is 7.93. The first-order valence-electron chi connectivity index (χ1n) is 7.85. The van der Waals surface area contributed by atoms with Gasteiger partial charge in [-0.2, -0.15) is 0 Å². The minimum absolute atomic E-state index is 0.0100. The SMILES string of the molecule is Cc1occc1C(=O)NC1CCN(C(=O)NCC(C)C)CC1. The Morgan fingerprint density at radius 2 is 2.05 bits per heavy atom. The molecular weight excluding hydrogens is 282 g/mol. The number of amides is 3. The molecule has 22 heavy (non-hydrogen) atoms. The highest BCUT2D eigenvalue weighted by molar-refractivity contribution is 5.95. The van der Waals surface area contributed by atoms with Gasteiger partial charge in [0.05, 0.1) is 11.8 Å². The molecule has 3 amide bonds. The number of rotatable bonds is 4. The van der Waals surface area contributed by atoms with E-state index in [4.69, 9.17) is 4.42 Å². The van der Waals surface area contributed by atoms with Crippen LogP contribution in [0.25, 0.3) is 0 Å². The Morgan fingerprint density at radius 3 is 2.59 bits per heavy atom. The molecule has 122 valence electrons. The zero-order valence-corrected chi connectivity index (χ0v) is 13.5. The van der Waals surface area contributed by atoms with E-state index in [1.807, 2.05) is 4.90 Å². The lowest BCUT2D eigenvalue weighted by Gasteiger charge is -2.32. The van der Waals surface area contributed by atoms with Crippen molar-refractivity contribution in [2.75, 3.05) is 19.6 Å². The van der Waals surface area contributed by atoms with Gasteiger partial charge in [-0.15, -0.1) is 0 Å². The molecule has 1 saturated heterocycles. The predicted molar refractivity (Wildman–Crippen MR) is 83.7 cm³/mol. The van der Waals surface area contributed by atoms with Gasteiger partial charge in [0.1, 0.15) is 5.76 Å². The summed E-state index contributed by atoms with van der Waals surface area (Å²) in [7, 11) is 0. The topological polar surface area (TPSA) is 74.6 Å². The van der Waals surface area contributed by atoms with Crippen molar-refractivity contribution in [1.29, 1.82) is 0 Å². The summed E-state index contributed by atoms with van der Waals surface area (Å²) in [6.07, 6.45) is 3.07. The van der Waals surface area contributed by atoms with Gasteiger partial charge >= 0.3 is 6.03 Å². The van der Waals surface area contributed by atoms with Gasteiger partial charge in [0.25, 0.3) is 5.91 Å². The smallest absolute Gasteiger partial charge is 0.317 e. The van der Waals surface area contributed by atoms with Gasteiger partial charge < -0.3 is 20.0 Å². The maximum atomic E-state index is 12.1. The van der Waals surface area contributed by atoms with E-state index >= 15 is 0 Å². The minimum atomic E-state index is -0.103. The maximum Gasteiger partial charge on any atom is 0.317 e. The Balaban J connectivity index is 1.76. The molecule has 0 radical (unpaired) electrons. The molecule has 1 fully saturated rings. The van der Waals surface area contributed by atoms with Crippen molar-refractivity contribution in [2.24, 2.45) is 5.92 Å². The van der Waals surface area contributed by atoms with E-state index in [2.05, 4.69) is 24.5 Å². The van der Waals surface area contributed by atoms with Gasteiger partial charge in [-0.05, 0) is 31.7 Å². The monoisotopic (exact) mass is 307 g/mol. The molecule has 0 saturated carbocycles. The maximum absolute atomic E-state index is 12.1. The summed E-state index contributed by atoms with van der Waals surface area (Å²) in [5.74, 6) is 0.968. The van der Waals surface area contributed by atoms with Crippen LogP contribution in [0.15, 0.2) is 16.7 Å². The fourth-order valence-electron chi connectivity index (χ4n) is 2.51. The molecule has 2 heterocycles. The van der Waals surface area contributed by atoms with E-state index in [0.29, 0.717) is 36.9 Å². The highest BCUT2D eigenvalue weighted by atomic mass is 16.3. The van der Waals surface area contributed by atoms with Crippen LogP contribution in [0.4, 0.5) is 4.79 Å². The number of nitrogens with one attached hydrogen (secondary N) is 2. The summed E-state index contributed by atoms with van der Waals surface area (Å²) >= 11 is 0. The molecule has 0 atom stereocenters. The Labute approximate surface area is 131 Å². The molecule has 0 bridgehead atoms. The van der Waals surface area contributed by atoms with Crippen LogP contribution in [0.3, 0.4) is 0 Å². The number of furan rings is 1. The molecule has 2 rings (SSSR count). The van der Waals surface area contributed by atoms with Crippen LogP contribution in [-0.2, 0) is 0 Å². The van der Waals surface area contributed by atoms with Crippen LogP contribution in [0.2, 0.25) is 0 Å². The quantitative estimate of drug-likeness (QED) is 0.895. The Morgan fingerprint density at radius 1 is 1.36 bits per heavy atom. The molecule has 6 heteroatoms. The van der Waals surface area contributed by atoms with Gasteiger partial charge in [-0.25, -0.2) is 4.79 Å². The first-order valence-corrected chi connectivity index (χ1v) is 7.85. The second-order valence-corrected chi connectivity index (χ2v) is 6.21. The molecule has 0 aliphatic carbocycles. The molecule has 2 N–H and O–H groups in total. The molecular formula is C16H25N3O3. The van der Waals surface area contributed by atoms with Crippen molar-refractivity contribution in [3.63, 3.8) is 0 Å². The third-order valence-corrected chi connectivity index (χ3v) is 3.88. The first-order chi connectivity index (χ1) is 10.5. The number of hydrogen-bond acceptors (Lipinski definition) is 3. The fraction of sp³-hybridized carbons (Fsp3) is 0.625. The van der Waals surface area contributed by atoms with Crippen molar-refractivity contribution < 1.29 is 14.0 Å². The highest BCUT2D eigenvalue weighted by Crippen LogP contribution is 2.13. The summed E-state index contributed by atoms with van der Waals surface area (Å²) in [6, 6.07) is 1.78. The molecule has 0 aromatic carbocycles. The second-order valence-electron chi connectivity index (χ2n) is 6.21. The van der Waals surface area contributed by atoms with E-state index in [9.17, 15) is 9.59 Å². The van der Waals surface area contributed by atoms with Crippen LogP contribution in [-0.4, -0.2) is 42.5 Å². The van der Waals surface area contributed by atoms with Gasteiger partial charge in [0, 0.05) is 25.7 Å². The summed E-state index contributed by atoms with van der Waals surface area (Å²) in [5.41, 5.74) is 0.581. The first kappa shape index (κ1) is 16.4. The lowest BCUT2D eigenvalue weighted by Crippen LogP contribution is -2.49. The number of piperidine rings is 1. The van der Waals surface area contributed by atoms with E-state index in [0.717, 1.165) is 12.8 Å². The van der Waals surface area contributed by atoms with E-state index in [1.54, 1.807) is 13.0 Å². The normalized spacial score (nSPS) is 15.9. The van der Waals surface area contributed by atoms with Crippen LogP contribution in [0.5, 0.6) is 0 Å². The van der Waals surface area contributed by atoms with E-state index in [1.165, 1.54) is 6.26 Å². The number of carbonyl (C=O) groups is 2. The van der Waals surface area contributed by atoms with Crippen LogP contribution >= 0.6 is 0 Å². The standard InChI is InChI=1S/C16H25N3O3/c1-11(2)10-17-16(21)19-7-4-13(5-8-19)18-15(20)14-6-9-22-12(14)3/h6,9,11,13H,4-5,7-8,10H2,1-3H3,(H,17,21)(H,18,20). The van der Waals surface area contributed by atoms with Crippen molar-refractivity contribution in [3.8, 4) is 0 Å². The third kappa shape index (κ3) is 4.26. The molecule has 1 aliphatic rings. The Hall–Kier alpha value is -1.98. The van der Waals surface area contributed by atoms with Crippen LogP contribution < -0.4 is 10.6 Å². The summed E-state index contributed by atoms with van der Waals surface area (Å²) < 4.78 is 5.15. The zero-order valence-electron chi connectivity index (χ0n) is 13.5. The third-order valence-electron chi connectivity index (χ3n) is 3.88. The number of hydrogen-bond donors (Lipinski definition) is 2. The van der Waals surface area contributed by atoms with Gasteiger partial charge in [0.15, 0.2) is 0 Å². The highest BCUT2D eigenvalue weighted by Gasteiger charge is 2.24. The lowest BCUT2D eigenvalue weighted by molar-refractivity contribution is 0.0916. The Bertz CT molecular complexity index is 516. The van der Waals surface area contributed by atoms with Crippen molar-refractivity contribution in [1.82, 2.24) is 15.5 Å². The summed E-state index contributed by atoms with van der Waals surface area (Å²) in [4.78, 5) is 25.9. The average Bonchev–Trinajstić information content (AvgIpc) is 2.91. The zero-order chi connectivity index (χ0) is 16.1. The second kappa shape index (κ2) is 7.33. The molecule has 0 spiro atoms. The van der Waals surface area contributed by atoms with Crippen molar-refractivity contribution in [2.45, 2.75) is 39.7 Å². The fourth-order valence-corrected chi connectivity index (χ4v) is 2.51. The number of nitrogens with zero attached hydrogens (tertiary/aromatic N) is 1. The molecule has 1 aromatic heterocycles. The molecule has 1 aromatic rings. The lowest BCUT2D eigenvalue weighted by atomic mass is 10.0. The minimum Gasteiger partial charge on any atom is -0.469 e. The summed E-state index contributed by atoms with van der Waals surface area (Å²) in [5, 5.41) is 5.94. The predicted octanol–water partition coefficient (Wildman–Crippen LogP) is 2.15. The van der Waals surface area contributed by atoms with Gasteiger partial charge in [-0.3, -0.25) is 4.79 Å². The van der Waals surface area contributed by atoms with Gasteiger partial charge in [-0.1, -0.05) is 13.8 Å². The number of aryl methyl sites for hydroxylation is 1. The van der Waals surface area contributed by atoms with Crippen LogP contribution in [0, 0.1) is 12.8 Å². The largest absolute Gasteiger partial charge is 0.469 e. The molecule has 1 aliphatic heterocycles. The van der Waals surface area contributed by atoms with Crippen LogP contribution in [0.1, 0.15) is 42.8 Å². The number of likely N-dealkylation sites (tertiary alicyclic amines) is 1. The number of carbonyl (C=O) groups excluding carboxylic acids is 2. The van der Waals surface area contributed by atoms with Gasteiger partial charge in [0.2, 0.25) is 0 Å². The average molecular weight is 307 g/mol. The van der Waals surface area contributed by atoms with E-state index in [-0.39, 0.29) is 18.0 Å². The van der Waals surface area contributed by atoms with Crippen molar-refractivity contribution >= 4 is 11.9 Å². The molecule has 6 nitrogen and oxygen atoms in total. The van der Waals surface area contributed by atoms with Crippen molar-refractivity contribution in [3.05, 3.63) is 23.7 Å². The Kier molecular flexibility index (Phi) is 5.46. The number of urea groups is 1.